The standard InChI is InChI=1S/C24H31FN2O3/c1-3-18-15-27(16-20-6-9-22(30-2)13-23(20)28)11-10-19(18)12-24(29)26-14-17-4-7-21(25)8-5-17/h4-9,13,18-19,28H,3,10-12,14-16H2,1-2H3,(H,26,29)/t18-,19-/m0/s1. The molecule has 2 N–H and O–H groups in total. The normalized spacial score (nSPS) is 19.4. The van der Waals surface area contributed by atoms with Crippen LogP contribution in [-0.4, -0.2) is 36.1 Å². The van der Waals surface area contributed by atoms with Crippen LogP contribution >= 0.6 is 0 Å². The predicted octanol–water partition coefficient (Wildman–Crippen LogP) is 4.09. The third kappa shape index (κ3) is 5.95. The number of nitrogens with one attached hydrogen (secondary N) is 1. The van der Waals surface area contributed by atoms with Crippen LogP contribution in [0.3, 0.4) is 0 Å². The first kappa shape index (κ1) is 22.1. The van der Waals surface area contributed by atoms with Crippen molar-refractivity contribution in [3.8, 4) is 11.5 Å². The third-order valence-electron chi connectivity index (χ3n) is 6.04. The molecule has 0 aromatic heterocycles. The number of phenols is 1. The van der Waals surface area contributed by atoms with E-state index in [2.05, 4.69) is 17.1 Å². The number of hydrogen-bond donors (Lipinski definition) is 2. The Bertz CT molecular complexity index is 841. The molecule has 0 saturated carbocycles. The van der Waals surface area contributed by atoms with E-state index < -0.39 is 0 Å². The molecule has 1 fully saturated rings. The van der Waals surface area contributed by atoms with Crippen LogP contribution in [-0.2, 0) is 17.9 Å². The summed E-state index contributed by atoms with van der Waals surface area (Å²) in [5.41, 5.74) is 1.78. The van der Waals surface area contributed by atoms with E-state index in [0.717, 1.165) is 37.1 Å². The Labute approximate surface area is 177 Å². The van der Waals surface area contributed by atoms with Crippen LogP contribution in [0.4, 0.5) is 4.39 Å². The van der Waals surface area contributed by atoms with E-state index in [1.165, 1.54) is 12.1 Å². The number of halogens is 1. The molecule has 6 heteroatoms. The average Bonchev–Trinajstić information content (AvgIpc) is 2.75. The first-order valence-electron chi connectivity index (χ1n) is 10.6. The highest BCUT2D eigenvalue weighted by Crippen LogP contribution is 2.31. The van der Waals surface area contributed by atoms with E-state index in [9.17, 15) is 14.3 Å². The number of carbonyl (C=O) groups is 1. The van der Waals surface area contributed by atoms with Crippen molar-refractivity contribution in [1.29, 1.82) is 0 Å². The van der Waals surface area contributed by atoms with E-state index in [-0.39, 0.29) is 17.5 Å². The van der Waals surface area contributed by atoms with E-state index in [4.69, 9.17) is 4.74 Å². The Balaban J connectivity index is 1.50. The van der Waals surface area contributed by atoms with Crippen LogP contribution in [0.15, 0.2) is 42.5 Å². The number of hydrogen-bond acceptors (Lipinski definition) is 4. The molecule has 5 nitrogen and oxygen atoms in total. The molecule has 0 aliphatic carbocycles. The fraction of sp³-hybridized carbons (Fsp3) is 0.458. The number of piperidine rings is 1. The fourth-order valence-corrected chi connectivity index (χ4v) is 4.19. The number of nitrogens with zero attached hydrogens (tertiary/aromatic N) is 1. The van der Waals surface area contributed by atoms with Crippen molar-refractivity contribution in [3.63, 3.8) is 0 Å². The first-order chi connectivity index (χ1) is 14.5. The van der Waals surface area contributed by atoms with E-state index in [1.54, 1.807) is 25.3 Å². The number of likely N-dealkylation sites (tertiary alicyclic amines) is 1. The van der Waals surface area contributed by atoms with E-state index in [1.807, 2.05) is 12.1 Å². The second-order valence-corrected chi connectivity index (χ2v) is 8.05. The summed E-state index contributed by atoms with van der Waals surface area (Å²) in [6.45, 7) is 5.10. The van der Waals surface area contributed by atoms with Crippen molar-refractivity contribution < 1.29 is 19.0 Å². The predicted molar refractivity (Wildman–Crippen MR) is 115 cm³/mol. The highest BCUT2D eigenvalue weighted by Gasteiger charge is 2.29. The van der Waals surface area contributed by atoms with Crippen molar-refractivity contribution in [2.24, 2.45) is 11.8 Å². The first-order valence-corrected chi connectivity index (χ1v) is 10.6. The van der Waals surface area contributed by atoms with Gasteiger partial charge >= 0.3 is 0 Å². The lowest BCUT2D eigenvalue weighted by atomic mass is 9.81. The Morgan fingerprint density at radius 1 is 1.23 bits per heavy atom. The fourth-order valence-electron chi connectivity index (χ4n) is 4.19. The number of aromatic hydroxyl groups is 1. The number of amides is 1. The molecular weight excluding hydrogens is 383 g/mol. The van der Waals surface area contributed by atoms with Gasteiger partial charge in [0.25, 0.3) is 0 Å². The molecule has 2 aromatic rings. The van der Waals surface area contributed by atoms with Gasteiger partial charge in [-0.2, -0.15) is 0 Å². The Morgan fingerprint density at radius 3 is 2.67 bits per heavy atom. The van der Waals surface area contributed by atoms with E-state index >= 15 is 0 Å². The zero-order chi connectivity index (χ0) is 21.5. The molecule has 0 radical (unpaired) electrons. The Morgan fingerprint density at radius 2 is 2.00 bits per heavy atom. The molecule has 2 atom stereocenters. The summed E-state index contributed by atoms with van der Waals surface area (Å²) < 4.78 is 18.1. The largest absolute Gasteiger partial charge is 0.507 e. The maximum atomic E-state index is 13.0. The molecule has 0 bridgehead atoms. The maximum Gasteiger partial charge on any atom is 0.220 e. The van der Waals surface area contributed by atoms with Crippen molar-refractivity contribution >= 4 is 5.91 Å². The molecule has 1 aliphatic rings. The van der Waals surface area contributed by atoms with Gasteiger partial charge in [0.1, 0.15) is 17.3 Å². The topological polar surface area (TPSA) is 61.8 Å². The van der Waals surface area contributed by atoms with Crippen LogP contribution in [0.2, 0.25) is 0 Å². The number of ether oxygens (including phenoxy) is 1. The lowest BCUT2D eigenvalue weighted by molar-refractivity contribution is -0.123. The summed E-state index contributed by atoms with van der Waals surface area (Å²) in [6.07, 6.45) is 2.49. The lowest BCUT2D eigenvalue weighted by Crippen LogP contribution is -2.41. The van der Waals surface area contributed by atoms with E-state index in [0.29, 0.717) is 37.1 Å². The van der Waals surface area contributed by atoms with Crippen LogP contribution in [0.5, 0.6) is 11.5 Å². The van der Waals surface area contributed by atoms with Gasteiger partial charge in [-0.25, -0.2) is 4.39 Å². The second kappa shape index (κ2) is 10.4. The summed E-state index contributed by atoms with van der Waals surface area (Å²) >= 11 is 0. The molecule has 162 valence electrons. The van der Waals surface area contributed by atoms with Gasteiger partial charge in [0.2, 0.25) is 5.91 Å². The minimum Gasteiger partial charge on any atom is -0.507 e. The van der Waals surface area contributed by atoms with Crippen molar-refractivity contribution in [1.82, 2.24) is 10.2 Å². The van der Waals surface area contributed by atoms with Crippen molar-refractivity contribution in [3.05, 3.63) is 59.4 Å². The number of rotatable bonds is 8. The van der Waals surface area contributed by atoms with Gasteiger partial charge in [-0.1, -0.05) is 31.5 Å². The van der Waals surface area contributed by atoms with Gasteiger partial charge in [0.15, 0.2) is 0 Å². The summed E-state index contributed by atoms with van der Waals surface area (Å²) in [7, 11) is 1.58. The molecule has 1 amide bonds. The minimum atomic E-state index is -0.273. The molecule has 3 rings (SSSR count). The van der Waals surface area contributed by atoms with Gasteiger partial charge < -0.3 is 15.2 Å². The second-order valence-electron chi connectivity index (χ2n) is 8.05. The van der Waals surface area contributed by atoms with Gasteiger partial charge in [-0.15, -0.1) is 0 Å². The number of carbonyl (C=O) groups excluding carboxylic acids is 1. The molecule has 0 spiro atoms. The third-order valence-corrected chi connectivity index (χ3v) is 6.04. The van der Waals surface area contributed by atoms with Gasteiger partial charge in [-0.3, -0.25) is 9.69 Å². The van der Waals surface area contributed by atoms with Crippen LogP contribution in [0.25, 0.3) is 0 Å². The number of phenolic OH excluding ortho intramolecular Hbond substituents is 1. The lowest BCUT2D eigenvalue weighted by Gasteiger charge is -2.38. The quantitative estimate of drug-likeness (QED) is 0.683. The highest BCUT2D eigenvalue weighted by atomic mass is 19.1. The molecule has 30 heavy (non-hydrogen) atoms. The van der Waals surface area contributed by atoms with Crippen LogP contribution in [0, 0.1) is 17.7 Å². The van der Waals surface area contributed by atoms with Crippen LogP contribution in [0.1, 0.15) is 37.3 Å². The summed E-state index contributed by atoms with van der Waals surface area (Å²) in [6, 6.07) is 11.6. The van der Waals surface area contributed by atoms with Gasteiger partial charge in [0, 0.05) is 37.7 Å². The Hall–Kier alpha value is -2.60. The number of methoxy groups -OCH3 is 1. The zero-order valence-electron chi connectivity index (χ0n) is 17.7. The molecule has 0 unspecified atom stereocenters. The minimum absolute atomic E-state index is 0.0454. The zero-order valence-corrected chi connectivity index (χ0v) is 17.7. The van der Waals surface area contributed by atoms with Crippen molar-refractivity contribution in [2.45, 2.75) is 39.3 Å². The molecular formula is C24H31FN2O3. The number of benzene rings is 2. The molecule has 1 aliphatic heterocycles. The summed E-state index contributed by atoms with van der Waals surface area (Å²) in [5.74, 6) is 1.46. The smallest absolute Gasteiger partial charge is 0.220 e. The molecule has 2 aromatic carbocycles. The van der Waals surface area contributed by atoms with Gasteiger partial charge in [0.05, 0.1) is 7.11 Å². The van der Waals surface area contributed by atoms with Gasteiger partial charge in [-0.05, 0) is 48.6 Å². The maximum absolute atomic E-state index is 13.0. The van der Waals surface area contributed by atoms with Crippen LogP contribution < -0.4 is 10.1 Å². The Kier molecular flexibility index (Phi) is 7.69. The summed E-state index contributed by atoms with van der Waals surface area (Å²) in [4.78, 5) is 14.8. The van der Waals surface area contributed by atoms with Crippen molar-refractivity contribution in [2.75, 3.05) is 20.2 Å². The summed E-state index contributed by atoms with van der Waals surface area (Å²) in [5, 5.41) is 13.2. The highest BCUT2D eigenvalue weighted by molar-refractivity contribution is 5.76. The molecule has 1 heterocycles. The SMILES string of the molecule is CC[C@H]1CN(Cc2ccc(OC)cc2O)CC[C@H]1CC(=O)NCc1ccc(F)cc1. The monoisotopic (exact) mass is 414 g/mol. The molecule has 1 saturated heterocycles. The average molecular weight is 415 g/mol.